The molecular weight excluding hydrogens is 259 g/mol. The van der Waals surface area contributed by atoms with Gasteiger partial charge in [0.15, 0.2) is 6.61 Å². The van der Waals surface area contributed by atoms with E-state index in [9.17, 15) is 9.18 Å². The summed E-state index contributed by atoms with van der Waals surface area (Å²) < 4.78 is 18.4. The Morgan fingerprint density at radius 1 is 1.25 bits per heavy atom. The molecule has 0 aromatic heterocycles. The van der Waals surface area contributed by atoms with Gasteiger partial charge in [0, 0.05) is 5.69 Å². The lowest BCUT2D eigenvalue weighted by molar-refractivity contribution is -0.118. The molecule has 1 N–H and O–H groups in total. The molecule has 0 aliphatic rings. The molecule has 0 bridgehead atoms. The molecule has 0 atom stereocenters. The molecular formula is C15H11FN2O2. The van der Waals surface area contributed by atoms with Crippen LogP contribution in [0.3, 0.4) is 0 Å². The first kappa shape index (κ1) is 13.6. The number of hydrogen-bond donors (Lipinski definition) is 1. The van der Waals surface area contributed by atoms with Gasteiger partial charge in [-0.2, -0.15) is 5.26 Å². The van der Waals surface area contributed by atoms with E-state index >= 15 is 0 Å². The van der Waals surface area contributed by atoms with Gasteiger partial charge in [0.2, 0.25) is 0 Å². The highest BCUT2D eigenvalue weighted by Crippen LogP contribution is 2.14. The van der Waals surface area contributed by atoms with E-state index in [1.54, 1.807) is 30.3 Å². The topological polar surface area (TPSA) is 62.1 Å². The Morgan fingerprint density at radius 3 is 2.70 bits per heavy atom. The van der Waals surface area contributed by atoms with Crippen molar-refractivity contribution < 1.29 is 13.9 Å². The Hall–Kier alpha value is -2.87. The smallest absolute Gasteiger partial charge is 0.262 e. The number of carbonyl (C=O) groups excluding carboxylic acids is 1. The predicted molar refractivity (Wildman–Crippen MR) is 71.7 cm³/mol. The molecule has 0 fully saturated rings. The van der Waals surface area contributed by atoms with Crippen molar-refractivity contribution in [3.8, 4) is 11.8 Å². The summed E-state index contributed by atoms with van der Waals surface area (Å²) in [5, 5.41) is 11.2. The van der Waals surface area contributed by atoms with Crippen molar-refractivity contribution in [1.82, 2.24) is 0 Å². The lowest BCUT2D eigenvalue weighted by Crippen LogP contribution is -2.20. The zero-order chi connectivity index (χ0) is 14.4. The molecule has 2 rings (SSSR count). The van der Waals surface area contributed by atoms with Crippen LogP contribution in [0, 0.1) is 17.1 Å². The standard InChI is InChI=1S/C15H11FN2O2/c16-14-7-6-12(8-11(14)9-17)18-15(19)10-20-13-4-2-1-3-5-13/h1-8H,10H2,(H,18,19). The van der Waals surface area contributed by atoms with Crippen LogP contribution >= 0.6 is 0 Å². The van der Waals surface area contributed by atoms with Crippen molar-refractivity contribution in [3.63, 3.8) is 0 Å². The maximum absolute atomic E-state index is 13.1. The van der Waals surface area contributed by atoms with Crippen molar-refractivity contribution in [1.29, 1.82) is 5.26 Å². The molecule has 0 aliphatic heterocycles. The van der Waals surface area contributed by atoms with Gasteiger partial charge in [0.1, 0.15) is 17.6 Å². The molecule has 4 nitrogen and oxygen atoms in total. The maximum Gasteiger partial charge on any atom is 0.262 e. The largest absolute Gasteiger partial charge is 0.484 e. The Balaban J connectivity index is 1.93. The minimum atomic E-state index is -0.619. The average molecular weight is 270 g/mol. The van der Waals surface area contributed by atoms with Crippen molar-refractivity contribution >= 4 is 11.6 Å². The van der Waals surface area contributed by atoms with Gasteiger partial charge in [0.25, 0.3) is 5.91 Å². The number of carbonyl (C=O) groups is 1. The van der Waals surface area contributed by atoms with E-state index in [-0.39, 0.29) is 18.1 Å². The third-order valence-corrected chi connectivity index (χ3v) is 2.48. The molecule has 5 heteroatoms. The molecule has 20 heavy (non-hydrogen) atoms. The molecule has 2 aromatic carbocycles. The Morgan fingerprint density at radius 2 is 2.00 bits per heavy atom. The van der Waals surface area contributed by atoms with Crippen LogP contribution in [0.4, 0.5) is 10.1 Å². The van der Waals surface area contributed by atoms with Crippen LogP contribution in [0.1, 0.15) is 5.56 Å². The molecule has 0 saturated heterocycles. The van der Waals surface area contributed by atoms with E-state index in [4.69, 9.17) is 10.00 Å². The molecule has 0 spiro atoms. The zero-order valence-corrected chi connectivity index (χ0v) is 10.5. The average Bonchev–Trinajstić information content (AvgIpc) is 2.48. The third-order valence-electron chi connectivity index (χ3n) is 2.48. The van der Waals surface area contributed by atoms with Gasteiger partial charge in [-0.1, -0.05) is 18.2 Å². The van der Waals surface area contributed by atoms with Gasteiger partial charge in [0.05, 0.1) is 5.56 Å². The highest BCUT2D eigenvalue weighted by atomic mass is 19.1. The SMILES string of the molecule is N#Cc1cc(NC(=O)COc2ccccc2)ccc1F. The number of amides is 1. The van der Waals surface area contributed by atoms with E-state index in [1.165, 1.54) is 12.1 Å². The molecule has 0 aliphatic carbocycles. The van der Waals surface area contributed by atoms with Gasteiger partial charge in [-0.3, -0.25) is 4.79 Å². The van der Waals surface area contributed by atoms with Gasteiger partial charge in [-0.15, -0.1) is 0 Å². The lowest BCUT2D eigenvalue weighted by Gasteiger charge is -2.07. The Kier molecular flexibility index (Phi) is 4.30. The second kappa shape index (κ2) is 6.34. The minimum absolute atomic E-state index is 0.119. The van der Waals surface area contributed by atoms with Crippen LogP contribution in [0.15, 0.2) is 48.5 Å². The van der Waals surface area contributed by atoms with E-state index < -0.39 is 5.82 Å². The Labute approximate surface area is 115 Å². The van der Waals surface area contributed by atoms with Crippen LogP contribution in [-0.2, 0) is 4.79 Å². The van der Waals surface area contributed by atoms with Crippen LogP contribution in [0.25, 0.3) is 0 Å². The number of rotatable bonds is 4. The highest BCUT2D eigenvalue weighted by Gasteiger charge is 2.07. The fourth-order valence-corrected chi connectivity index (χ4v) is 1.55. The quantitative estimate of drug-likeness (QED) is 0.929. The molecule has 100 valence electrons. The van der Waals surface area contributed by atoms with Gasteiger partial charge in [-0.05, 0) is 30.3 Å². The number of nitrogens with zero attached hydrogens (tertiary/aromatic N) is 1. The van der Waals surface area contributed by atoms with Crippen molar-refractivity contribution in [2.45, 2.75) is 0 Å². The fraction of sp³-hybridized carbons (Fsp3) is 0.0667. The first-order valence-electron chi connectivity index (χ1n) is 5.86. The second-order valence-electron chi connectivity index (χ2n) is 3.96. The molecule has 0 radical (unpaired) electrons. The Bertz CT molecular complexity index is 651. The number of benzene rings is 2. The summed E-state index contributed by atoms with van der Waals surface area (Å²) in [6.07, 6.45) is 0. The molecule has 0 unspecified atom stereocenters. The summed E-state index contributed by atoms with van der Waals surface area (Å²) in [6.45, 7) is -0.163. The summed E-state index contributed by atoms with van der Waals surface area (Å²) >= 11 is 0. The van der Waals surface area contributed by atoms with E-state index in [2.05, 4.69) is 5.32 Å². The second-order valence-corrected chi connectivity index (χ2v) is 3.96. The maximum atomic E-state index is 13.1. The normalized spacial score (nSPS) is 9.60. The molecule has 1 amide bonds. The minimum Gasteiger partial charge on any atom is -0.484 e. The van der Waals surface area contributed by atoms with Crippen LogP contribution < -0.4 is 10.1 Å². The predicted octanol–water partition coefficient (Wildman–Crippen LogP) is 2.71. The van der Waals surface area contributed by atoms with E-state index in [0.29, 0.717) is 11.4 Å². The summed E-state index contributed by atoms with van der Waals surface area (Å²) in [6, 6.07) is 14.4. The van der Waals surface area contributed by atoms with E-state index in [0.717, 1.165) is 6.07 Å². The highest BCUT2D eigenvalue weighted by molar-refractivity contribution is 5.92. The van der Waals surface area contributed by atoms with E-state index in [1.807, 2.05) is 6.07 Å². The van der Waals surface area contributed by atoms with Gasteiger partial charge < -0.3 is 10.1 Å². The van der Waals surface area contributed by atoms with Crippen molar-refractivity contribution in [3.05, 3.63) is 59.9 Å². The summed E-state index contributed by atoms with van der Waals surface area (Å²) in [7, 11) is 0. The first-order chi connectivity index (χ1) is 9.69. The molecule has 2 aromatic rings. The molecule has 0 saturated carbocycles. The summed E-state index contributed by atoms with van der Waals surface area (Å²) in [5.74, 6) is -0.421. The number of halogens is 1. The van der Waals surface area contributed by atoms with Crippen molar-refractivity contribution in [2.75, 3.05) is 11.9 Å². The number of nitriles is 1. The number of ether oxygens (including phenoxy) is 1. The van der Waals surface area contributed by atoms with Crippen LogP contribution in [0.2, 0.25) is 0 Å². The van der Waals surface area contributed by atoms with Crippen LogP contribution in [-0.4, -0.2) is 12.5 Å². The zero-order valence-electron chi connectivity index (χ0n) is 10.5. The summed E-state index contributed by atoms with van der Waals surface area (Å²) in [5.41, 5.74) is 0.233. The van der Waals surface area contributed by atoms with Crippen molar-refractivity contribution in [2.24, 2.45) is 0 Å². The fourth-order valence-electron chi connectivity index (χ4n) is 1.55. The van der Waals surface area contributed by atoms with Crippen LogP contribution in [0.5, 0.6) is 5.75 Å². The van der Waals surface area contributed by atoms with Gasteiger partial charge >= 0.3 is 0 Å². The van der Waals surface area contributed by atoms with Gasteiger partial charge in [-0.25, -0.2) is 4.39 Å². The lowest BCUT2D eigenvalue weighted by atomic mass is 10.2. The molecule has 0 heterocycles. The monoisotopic (exact) mass is 270 g/mol. The number of nitrogens with one attached hydrogen (secondary N) is 1. The third kappa shape index (κ3) is 3.56. The number of para-hydroxylation sites is 1. The summed E-state index contributed by atoms with van der Waals surface area (Å²) in [4.78, 5) is 11.7. The first-order valence-corrected chi connectivity index (χ1v) is 5.86. The number of hydrogen-bond acceptors (Lipinski definition) is 3. The number of anilines is 1.